The minimum atomic E-state index is -1.03. The molecular formula is C28H38N2O4. The third-order valence-electron chi connectivity index (χ3n) is 5.92. The molecule has 0 aliphatic heterocycles. The number of unbranched alkanes of at least 4 members (excludes halogenated alkanes) is 1. The molecule has 0 saturated carbocycles. The lowest BCUT2D eigenvalue weighted by Gasteiger charge is -2.35. The molecular weight excluding hydrogens is 428 g/mol. The molecule has 0 unspecified atom stereocenters. The summed E-state index contributed by atoms with van der Waals surface area (Å²) in [4.78, 5) is 27.5. The lowest BCUT2D eigenvalue weighted by atomic mass is 9.95. The van der Waals surface area contributed by atoms with Gasteiger partial charge in [-0.3, -0.25) is 9.69 Å². The number of benzene rings is 2. The van der Waals surface area contributed by atoms with E-state index in [1.54, 1.807) is 4.57 Å². The number of ether oxygens (including phenoxy) is 1. The maximum Gasteiger partial charge on any atom is 0.408 e. The van der Waals surface area contributed by atoms with Crippen molar-refractivity contribution < 1.29 is 14.6 Å². The number of amides is 1. The molecule has 0 radical (unpaired) electrons. The molecule has 0 atom stereocenters. The normalized spacial score (nSPS) is 12.3. The Morgan fingerprint density at radius 3 is 2.12 bits per heavy atom. The van der Waals surface area contributed by atoms with Crippen molar-refractivity contribution in [3.05, 3.63) is 52.4 Å². The summed E-state index contributed by atoms with van der Waals surface area (Å²) in [6, 6.07) is 11.9. The molecule has 3 rings (SSSR count). The summed E-state index contributed by atoms with van der Waals surface area (Å²) in [6.07, 6.45) is 0.816. The first-order valence-corrected chi connectivity index (χ1v) is 12.0. The average molecular weight is 467 g/mol. The number of aromatic nitrogens is 1. The molecule has 3 aromatic rings. The van der Waals surface area contributed by atoms with Crippen molar-refractivity contribution in [2.75, 3.05) is 6.61 Å². The van der Waals surface area contributed by atoms with E-state index in [1.165, 1.54) is 4.90 Å². The number of rotatable bonds is 7. The number of hydrogen-bond donors (Lipinski definition) is 1. The zero-order chi connectivity index (χ0) is 25.3. The average Bonchev–Trinajstić information content (AvgIpc) is 2.73. The minimum absolute atomic E-state index is 0.0639. The van der Waals surface area contributed by atoms with E-state index < -0.39 is 11.6 Å². The van der Waals surface area contributed by atoms with Crippen LogP contribution in [0.4, 0.5) is 4.79 Å². The van der Waals surface area contributed by atoms with Crippen LogP contribution in [-0.4, -0.2) is 32.8 Å². The predicted molar refractivity (Wildman–Crippen MR) is 139 cm³/mol. The maximum atomic E-state index is 13.9. The fraction of sp³-hybridized carbons (Fsp3) is 0.500. The first-order valence-electron chi connectivity index (χ1n) is 12.0. The van der Waals surface area contributed by atoms with Crippen molar-refractivity contribution in [2.24, 2.45) is 5.41 Å². The lowest BCUT2D eigenvalue weighted by Crippen LogP contribution is -2.45. The van der Waals surface area contributed by atoms with Crippen LogP contribution in [0.3, 0.4) is 0 Å². The Morgan fingerprint density at radius 1 is 1.03 bits per heavy atom. The van der Waals surface area contributed by atoms with Gasteiger partial charge in [-0.1, -0.05) is 58.4 Å². The van der Waals surface area contributed by atoms with Crippen molar-refractivity contribution in [3.8, 4) is 5.75 Å². The van der Waals surface area contributed by atoms with Crippen LogP contribution in [0, 0.1) is 5.41 Å². The van der Waals surface area contributed by atoms with E-state index in [9.17, 15) is 14.7 Å². The molecule has 2 aromatic carbocycles. The Labute approximate surface area is 202 Å². The molecule has 0 fully saturated rings. The van der Waals surface area contributed by atoms with Crippen molar-refractivity contribution in [2.45, 2.75) is 79.9 Å². The van der Waals surface area contributed by atoms with E-state index >= 15 is 0 Å². The van der Waals surface area contributed by atoms with Gasteiger partial charge >= 0.3 is 6.09 Å². The topological polar surface area (TPSA) is 71.8 Å². The van der Waals surface area contributed by atoms with Gasteiger partial charge in [0.15, 0.2) is 0 Å². The smallest absolute Gasteiger partial charge is 0.408 e. The SMILES string of the molecule is CCCCOc1c(CN(C(=O)O)C(C)(C)C)n(CC(C)(C)C)c(=O)c2cc3ccccc3cc12. The first-order chi connectivity index (χ1) is 15.8. The van der Waals surface area contributed by atoms with Gasteiger partial charge in [0, 0.05) is 17.5 Å². The number of carbonyl (C=O) groups is 1. The molecule has 1 N–H and O–H groups in total. The van der Waals surface area contributed by atoms with Crippen LogP contribution in [0.1, 0.15) is 67.0 Å². The molecule has 6 nitrogen and oxygen atoms in total. The van der Waals surface area contributed by atoms with Crippen LogP contribution in [0.15, 0.2) is 41.2 Å². The van der Waals surface area contributed by atoms with Crippen LogP contribution < -0.4 is 10.3 Å². The van der Waals surface area contributed by atoms with E-state index in [-0.39, 0.29) is 17.5 Å². The highest BCUT2D eigenvalue weighted by Crippen LogP contribution is 2.34. The van der Waals surface area contributed by atoms with E-state index in [4.69, 9.17) is 4.74 Å². The van der Waals surface area contributed by atoms with E-state index in [2.05, 4.69) is 27.7 Å². The molecule has 1 aromatic heterocycles. The van der Waals surface area contributed by atoms with E-state index in [0.717, 1.165) is 29.0 Å². The fourth-order valence-electron chi connectivity index (χ4n) is 4.17. The molecule has 0 aliphatic carbocycles. The molecule has 1 amide bonds. The highest BCUT2D eigenvalue weighted by Gasteiger charge is 2.31. The van der Waals surface area contributed by atoms with Gasteiger partial charge in [-0.2, -0.15) is 0 Å². The molecule has 1 heterocycles. The van der Waals surface area contributed by atoms with Gasteiger partial charge in [0.2, 0.25) is 0 Å². The summed E-state index contributed by atoms with van der Waals surface area (Å²) >= 11 is 0. The highest BCUT2D eigenvalue weighted by molar-refractivity contribution is 6.00. The number of hydrogen-bond acceptors (Lipinski definition) is 3. The zero-order valence-electron chi connectivity index (χ0n) is 21.6. The molecule has 34 heavy (non-hydrogen) atoms. The second-order valence-corrected chi connectivity index (χ2v) is 11.2. The van der Waals surface area contributed by atoms with Gasteiger partial charge in [-0.25, -0.2) is 4.79 Å². The minimum Gasteiger partial charge on any atom is -0.491 e. The summed E-state index contributed by atoms with van der Waals surface area (Å²) in [5.74, 6) is 0.605. The number of nitrogens with zero attached hydrogens (tertiary/aromatic N) is 2. The number of pyridine rings is 1. The third-order valence-corrected chi connectivity index (χ3v) is 5.92. The van der Waals surface area contributed by atoms with Crippen LogP contribution in [0.25, 0.3) is 21.5 Å². The van der Waals surface area contributed by atoms with E-state index in [1.807, 2.05) is 57.2 Å². The van der Waals surface area contributed by atoms with Gasteiger partial charge < -0.3 is 14.4 Å². The van der Waals surface area contributed by atoms with Crippen molar-refractivity contribution in [1.29, 1.82) is 0 Å². The van der Waals surface area contributed by atoms with Crippen LogP contribution >= 0.6 is 0 Å². The maximum absolute atomic E-state index is 13.9. The van der Waals surface area contributed by atoms with E-state index in [0.29, 0.717) is 30.0 Å². The van der Waals surface area contributed by atoms with Crippen LogP contribution in [0.5, 0.6) is 5.75 Å². The second-order valence-electron chi connectivity index (χ2n) is 11.2. The Hall–Kier alpha value is -3.02. The first kappa shape index (κ1) is 25.6. The molecule has 184 valence electrons. The van der Waals surface area contributed by atoms with Crippen LogP contribution in [-0.2, 0) is 13.1 Å². The summed E-state index contributed by atoms with van der Waals surface area (Å²) in [5.41, 5.74) is -0.351. The molecule has 0 spiro atoms. The van der Waals surface area contributed by atoms with Crippen LogP contribution in [0.2, 0.25) is 0 Å². The van der Waals surface area contributed by atoms with Gasteiger partial charge in [-0.05, 0) is 55.5 Å². The summed E-state index contributed by atoms with van der Waals surface area (Å²) < 4.78 is 8.10. The largest absolute Gasteiger partial charge is 0.491 e. The Balaban J connectivity index is 2.41. The second kappa shape index (κ2) is 9.69. The van der Waals surface area contributed by atoms with Crippen molar-refractivity contribution >= 4 is 27.6 Å². The fourth-order valence-corrected chi connectivity index (χ4v) is 4.17. The zero-order valence-corrected chi connectivity index (χ0v) is 21.6. The summed E-state index contributed by atoms with van der Waals surface area (Å²) in [6.45, 7) is 14.9. The molecule has 0 bridgehead atoms. The standard InChI is InChI=1S/C28H38N2O4/c1-8-9-14-34-24-21-15-19-12-10-11-13-20(19)16-22(21)25(31)29(18-27(2,3)4)23(24)17-30(26(32)33)28(5,6)7/h10-13,15-16H,8-9,14,17-18H2,1-7H3,(H,32,33). The highest BCUT2D eigenvalue weighted by atomic mass is 16.5. The molecule has 0 aliphatic rings. The Morgan fingerprint density at radius 2 is 1.62 bits per heavy atom. The monoisotopic (exact) mass is 466 g/mol. The lowest BCUT2D eigenvalue weighted by molar-refractivity contribution is 0.0924. The summed E-state index contributed by atoms with van der Waals surface area (Å²) in [7, 11) is 0. The number of fused-ring (bicyclic) bond motifs is 2. The quantitative estimate of drug-likeness (QED) is 0.312. The molecule has 6 heteroatoms. The number of carboxylic acid groups (broad SMARTS) is 1. The molecule has 0 saturated heterocycles. The van der Waals surface area contributed by atoms with Crippen molar-refractivity contribution in [1.82, 2.24) is 9.47 Å². The van der Waals surface area contributed by atoms with Crippen molar-refractivity contribution in [3.63, 3.8) is 0 Å². The Bertz CT molecular complexity index is 1250. The van der Waals surface area contributed by atoms with Gasteiger partial charge in [0.25, 0.3) is 5.56 Å². The van der Waals surface area contributed by atoms with Gasteiger partial charge in [0.05, 0.1) is 24.2 Å². The predicted octanol–water partition coefficient (Wildman–Crippen LogP) is 6.66. The third kappa shape index (κ3) is 5.54. The van der Waals surface area contributed by atoms with Gasteiger partial charge in [0.1, 0.15) is 5.75 Å². The summed E-state index contributed by atoms with van der Waals surface area (Å²) in [5, 5.41) is 13.4. The van der Waals surface area contributed by atoms with Gasteiger partial charge in [-0.15, -0.1) is 0 Å². The Kier molecular flexibility index (Phi) is 7.29.